The van der Waals surface area contributed by atoms with Crippen LogP contribution in [-0.4, -0.2) is 24.3 Å². The van der Waals surface area contributed by atoms with Crippen molar-refractivity contribution in [3.63, 3.8) is 0 Å². The van der Waals surface area contributed by atoms with E-state index in [2.05, 4.69) is 15.2 Å². The van der Waals surface area contributed by atoms with Crippen LogP contribution in [-0.2, 0) is 6.54 Å². The Balaban J connectivity index is 2.07. The zero-order chi connectivity index (χ0) is 18.8. The molecule has 0 bridgehead atoms. The SMILES string of the molecule is CCCn1c(=O)n(-c2ccccc2)c(=O)c2nc(-c3ccccc3)nnc21. The molecule has 0 N–H and O–H groups in total. The highest BCUT2D eigenvalue weighted by Crippen LogP contribution is 2.15. The molecule has 0 atom stereocenters. The zero-order valence-corrected chi connectivity index (χ0v) is 14.7. The summed E-state index contributed by atoms with van der Waals surface area (Å²) in [6.07, 6.45) is 0.712. The van der Waals surface area contributed by atoms with Crippen LogP contribution in [0.3, 0.4) is 0 Å². The van der Waals surface area contributed by atoms with E-state index in [1.165, 1.54) is 4.57 Å². The van der Waals surface area contributed by atoms with E-state index in [0.29, 0.717) is 24.5 Å². The van der Waals surface area contributed by atoms with Gasteiger partial charge in [0.15, 0.2) is 17.0 Å². The first kappa shape index (κ1) is 16.8. The Labute approximate surface area is 154 Å². The van der Waals surface area contributed by atoms with Gasteiger partial charge in [-0.15, -0.1) is 10.2 Å². The van der Waals surface area contributed by atoms with Crippen molar-refractivity contribution >= 4 is 11.2 Å². The van der Waals surface area contributed by atoms with E-state index < -0.39 is 11.2 Å². The molecule has 0 aliphatic carbocycles. The third kappa shape index (κ3) is 2.93. The van der Waals surface area contributed by atoms with Gasteiger partial charge in [-0.25, -0.2) is 14.3 Å². The number of hydrogen-bond donors (Lipinski definition) is 0. The second-order valence-electron chi connectivity index (χ2n) is 6.08. The maximum atomic E-state index is 13.1. The number of hydrogen-bond acceptors (Lipinski definition) is 5. The van der Waals surface area contributed by atoms with Gasteiger partial charge >= 0.3 is 5.69 Å². The molecule has 0 saturated carbocycles. The minimum atomic E-state index is -0.499. The van der Waals surface area contributed by atoms with Crippen molar-refractivity contribution in [2.45, 2.75) is 19.9 Å². The van der Waals surface area contributed by atoms with Crippen LogP contribution >= 0.6 is 0 Å². The quantitative estimate of drug-likeness (QED) is 0.559. The highest BCUT2D eigenvalue weighted by atomic mass is 16.2. The number of aryl methyl sites for hydroxylation is 1. The number of para-hydroxylation sites is 1. The fourth-order valence-corrected chi connectivity index (χ4v) is 2.99. The summed E-state index contributed by atoms with van der Waals surface area (Å²) in [6.45, 7) is 2.37. The van der Waals surface area contributed by atoms with Crippen LogP contribution in [0.5, 0.6) is 0 Å². The summed E-state index contributed by atoms with van der Waals surface area (Å²) in [4.78, 5) is 30.5. The van der Waals surface area contributed by atoms with Gasteiger partial charge in [0.1, 0.15) is 0 Å². The zero-order valence-electron chi connectivity index (χ0n) is 14.7. The molecule has 4 rings (SSSR count). The maximum Gasteiger partial charge on any atom is 0.337 e. The normalized spacial score (nSPS) is 11.0. The van der Waals surface area contributed by atoms with E-state index in [0.717, 1.165) is 10.1 Å². The summed E-state index contributed by atoms with van der Waals surface area (Å²) in [5.74, 6) is 0.349. The van der Waals surface area contributed by atoms with Gasteiger partial charge < -0.3 is 0 Å². The molecule has 0 spiro atoms. The van der Waals surface area contributed by atoms with Gasteiger partial charge in [0, 0.05) is 12.1 Å². The maximum absolute atomic E-state index is 13.1. The van der Waals surface area contributed by atoms with Crippen LogP contribution in [0.1, 0.15) is 13.3 Å². The molecule has 27 heavy (non-hydrogen) atoms. The van der Waals surface area contributed by atoms with Gasteiger partial charge in [-0.05, 0) is 18.6 Å². The molecule has 0 aliphatic heterocycles. The number of benzene rings is 2. The average molecular weight is 359 g/mol. The topological polar surface area (TPSA) is 82.7 Å². The molecule has 0 aliphatic rings. The third-order valence-electron chi connectivity index (χ3n) is 4.25. The van der Waals surface area contributed by atoms with Gasteiger partial charge in [-0.1, -0.05) is 55.5 Å². The number of rotatable bonds is 4. The molecule has 0 saturated heterocycles. The molecule has 4 aromatic rings. The monoisotopic (exact) mass is 359 g/mol. The Kier molecular flexibility index (Phi) is 4.33. The van der Waals surface area contributed by atoms with Gasteiger partial charge in [-0.2, -0.15) is 0 Å². The Morgan fingerprint density at radius 3 is 2.22 bits per heavy atom. The van der Waals surface area contributed by atoms with E-state index in [1.807, 2.05) is 43.3 Å². The fourth-order valence-electron chi connectivity index (χ4n) is 2.99. The van der Waals surface area contributed by atoms with Gasteiger partial charge in [-0.3, -0.25) is 9.36 Å². The lowest BCUT2D eigenvalue weighted by atomic mass is 10.2. The molecular formula is C20H17N5O2. The molecule has 2 aromatic carbocycles. The highest BCUT2D eigenvalue weighted by Gasteiger charge is 2.18. The molecule has 2 aromatic heterocycles. The van der Waals surface area contributed by atoms with E-state index in [1.54, 1.807) is 24.3 Å². The second-order valence-corrected chi connectivity index (χ2v) is 6.08. The summed E-state index contributed by atoms with van der Waals surface area (Å²) in [5.41, 5.74) is 0.647. The lowest BCUT2D eigenvalue weighted by Gasteiger charge is -2.12. The van der Waals surface area contributed by atoms with Crippen LogP contribution in [0, 0.1) is 0 Å². The van der Waals surface area contributed by atoms with Crippen molar-refractivity contribution in [2.24, 2.45) is 0 Å². The molecule has 7 nitrogen and oxygen atoms in total. The smallest absolute Gasteiger partial charge is 0.274 e. The summed E-state index contributed by atoms with van der Waals surface area (Å²) in [6, 6.07) is 18.1. The van der Waals surface area contributed by atoms with E-state index in [4.69, 9.17) is 0 Å². The van der Waals surface area contributed by atoms with Crippen LogP contribution in [0.25, 0.3) is 28.2 Å². The molecule has 134 valence electrons. The van der Waals surface area contributed by atoms with E-state index in [9.17, 15) is 9.59 Å². The van der Waals surface area contributed by atoms with Crippen LogP contribution in [0.4, 0.5) is 0 Å². The number of fused-ring (bicyclic) bond motifs is 1. The molecule has 0 radical (unpaired) electrons. The molecular weight excluding hydrogens is 342 g/mol. The lowest BCUT2D eigenvalue weighted by Crippen LogP contribution is -2.40. The standard InChI is InChI=1S/C20H17N5O2/c1-2-13-24-18-16(21-17(22-23-18)14-9-5-3-6-10-14)19(26)25(20(24)27)15-11-7-4-8-12-15/h3-12H,2,13H2,1H3. The third-order valence-corrected chi connectivity index (χ3v) is 4.25. The lowest BCUT2D eigenvalue weighted by molar-refractivity contribution is 0.625. The van der Waals surface area contributed by atoms with Crippen molar-refractivity contribution < 1.29 is 0 Å². The van der Waals surface area contributed by atoms with Crippen molar-refractivity contribution in [1.29, 1.82) is 0 Å². The molecule has 0 unspecified atom stereocenters. The van der Waals surface area contributed by atoms with Gasteiger partial charge in [0.25, 0.3) is 5.56 Å². The average Bonchev–Trinajstić information content (AvgIpc) is 2.72. The van der Waals surface area contributed by atoms with Crippen molar-refractivity contribution in [2.75, 3.05) is 0 Å². The van der Waals surface area contributed by atoms with Crippen molar-refractivity contribution in [3.8, 4) is 17.1 Å². The van der Waals surface area contributed by atoms with Crippen molar-refractivity contribution in [1.82, 2.24) is 24.3 Å². The molecule has 0 amide bonds. The number of nitrogens with zero attached hydrogens (tertiary/aromatic N) is 5. The van der Waals surface area contributed by atoms with Crippen LogP contribution < -0.4 is 11.2 Å². The first-order valence-corrected chi connectivity index (χ1v) is 8.72. The van der Waals surface area contributed by atoms with Crippen LogP contribution in [0.15, 0.2) is 70.3 Å². The van der Waals surface area contributed by atoms with Gasteiger partial charge in [0.2, 0.25) is 0 Å². The molecule has 2 heterocycles. The van der Waals surface area contributed by atoms with Gasteiger partial charge in [0.05, 0.1) is 5.69 Å². The Hall–Kier alpha value is -3.61. The first-order valence-electron chi connectivity index (χ1n) is 8.72. The Morgan fingerprint density at radius 2 is 1.56 bits per heavy atom. The van der Waals surface area contributed by atoms with E-state index >= 15 is 0 Å². The van der Waals surface area contributed by atoms with E-state index in [-0.39, 0.29) is 11.2 Å². The molecule has 7 heteroatoms. The largest absolute Gasteiger partial charge is 0.337 e. The highest BCUT2D eigenvalue weighted by molar-refractivity contribution is 5.71. The predicted molar refractivity (Wildman–Crippen MR) is 103 cm³/mol. The minimum absolute atomic E-state index is 0.126. The summed E-state index contributed by atoms with van der Waals surface area (Å²) < 4.78 is 2.60. The van der Waals surface area contributed by atoms with Crippen LogP contribution in [0.2, 0.25) is 0 Å². The predicted octanol–water partition coefficient (Wildman–Crippen LogP) is 2.41. The molecule has 0 fully saturated rings. The first-order chi connectivity index (χ1) is 13.2. The summed E-state index contributed by atoms with van der Waals surface area (Å²) >= 11 is 0. The Morgan fingerprint density at radius 1 is 0.889 bits per heavy atom. The second kappa shape index (κ2) is 6.95. The fraction of sp³-hybridized carbons (Fsp3) is 0.150. The minimum Gasteiger partial charge on any atom is -0.274 e. The number of aromatic nitrogens is 5. The van der Waals surface area contributed by atoms with Crippen molar-refractivity contribution in [3.05, 3.63) is 81.5 Å². The summed E-state index contributed by atoms with van der Waals surface area (Å²) in [5, 5.41) is 8.31. The Bertz CT molecular complexity index is 1210. The summed E-state index contributed by atoms with van der Waals surface area (Å²) in [7, 11) is 0.